The van der Waals surface area contributed by atoms with Crippen LogP contribution in [0.15, 0.2) is 61.1 Å². The van der Waals surface area contributed by atoms with Gasteiger partial charge < -0.3 is 19.8 Å². The zero-order chi connectivity index (χ0) is 25.4. The van der Waals surface area contributed by atoms with Gasteiger partial charge >= 0.3 is 12.2 Å². The first-order valence-electron chi connectivity index (χ1n) is 11.3. The molecule has 1 unspecified atom stereocenters. The third kappa shape index (κ3) is 4.39. The zero-order valence-electron chi connectivity index (χ0n) is 19.3. The second kappa shape index (κ2) is 9.06. The second-order valence-corrected chi connectivity index (χ2v) is 8.49. The molecule has 1 fully saturated rings. The Labute approximate surface area is 204 Å². The molecular weight excluding hydrogens is 473 g/mol. The SMILES string of the molecule is COc1ccccc1C1CCCN1C(=O)Nc1cn2cc(-c3cnc(N)c(C(F)(F)F)c3)ccc2n1. The smallest absolute Gasteiger partial charge is 0.419 e. The number of alkyl halides is 3. The number of urea groups is 1. The van der Waals surface area contributed by atoms with E-state index >= 15 is 0 Å². The van der Waals surface area contributed by atoms with E-state index in [4.69, 9.17) is 10.5 Å². The number of rotatable bonds is 4. The van der Waals surface area contributed by atoms with Crippen molar-refractivity contribution < 1.29 is 22.7 Å². The van der Waals surface area contributed by atoms with E-state index in [1.807, 2.05) is 24.3 Å². The van der Waals surface area contributed by atoms with Gasteiger partial charge in [0.2, 0.25) is 0 Å². The summed E-state index contributed by atoms with van der Waals surface area (Å²) in [5, 5.41) is 2.84. The Kier molecular flexibility index (Phi) is 5.91. The molecule has 0 saturated carbocycles. The van der Waals surface area contributed by atoms with E-state index < -0.39 is 17.6 Å². The van der Waals surface area contributed by atoms with Gasteiger partial charge in [-0.15, -0.1) is 0 Å². The molecule has 1 aromatic carbocycles. The molecule has 36 heavy (non-hydrogen) atoms. The first-order valence-corrected chi connectivity index (χ1v) is 11.3. The van der Waals surface area contributed by atoms with E-state index in [9.17, 15) is 18.0 Å². The lowest BCUT2D eigenvalue weighted by Gasteiger charge is -2.26. The number of nitrogens with two attached hydrogens (primary N) is 1. The molecule has 2 amide bonds. The van der Waals surface area contributed by atoms with Crippen molar-refractivity contribution in [1.82, 2.24) is 19.3 Å². The Balaban J connectivity index is 1.38. The Hall–Kier alpha value is -4.28. The largest absolute Gasteiger partial charge is 0.496 e. The second-order valence-electron chi connectivity index (χ2n) is 8.49. The maximum absolute atomic E-state index is 13.2. The van der Waals surface area contributed by atoms with Crippen molar-refractivity contribution in [3.8, 4) is 16.9 Å². The lowest BCUT2D eigenvalue weighted by Crippen LogP contribution is -2.34. The number of nitrogen functional groups attached to an aromatic ring is 1. The van der Waals surface area contributed by atoms with Crippen LogP contribution in [0.3, 0.4) is 0 Å². The number of imidazole rings is 1. The number of carbonyl (C=O) groups excluding carboxylic acids is 1. The molecular formula is C25H23F3N6O2. The standard InChI is InChI=1S/C25H23F3N6O2/c1-36-20-7-3-2-5-17(20)19-6-4-10-34(19)24(35)32-21-14-33-13-15(8-9-22(33)31-21)16-11-18(25(26,27)28)23(29)30-12-16/h2-3,5,7-9,11-14,19H,4,6,10H2,1H3,(H2,29,30)(H,32,35). The summed E-state index contributed by atoms with van der Waals surface area (Å²) in [6.07, 6.45) is 1.59. The number of amides is 2. The number of para-hydroxylation sites is 1. The van der Waals surface area contributed by atoms with Crippen LogP contribution in [-0.4, -0.2) is 39.0 Å². The van der Waals surface area contributed by atoms with Gasteiger partial charge in [0.05, 0.1) is 24.9 Å². The molecule has 4 heterocycles. The Morgan fingerprint density at radius 2 is 1.97 bits per heavy atom. The predicted octanol–water partition coefficient (Wildman–Crippen LogP) is 5.37. The summed E-state index contributed by atoms with van der Waals surface area (Å²) in [5.41, 5.74) is 6.64. The Morgan fingerprint density at radius 1 is 1.17 bits per heavy atom. The van der Waals surface area contributed by atoms with E-state index in [1.54, 1.807) is 40.9 Å². The molecule has 0 bridgehead atoms. The summed E-state index contributed by atoms with van der Waals surface area (Å²) in [6.45, 7) is 0.595. The predicted molar refractivity (Wildman–Crippen MR) is 129 cm³/mol. The molecule has 186 valence electrons. The van der Waals surface area contributed by atoms with Gasteiger partial charge in [0.15, 0.2) is 5.82 Å². The van der Waals surface area contributed by atoms with Gasteiger partial charge in [-0.1, -0.05) is 18.2 Å². The fraction of sp³-hybridized carbons (Fsp3) is 0.240. The van der Waals surface area contributed by atoms with Crippen molar-refractivity contribution in [2.24, 2.45) is 0 Å². The number of hydrogen-bond donors (Lipinski definition) is 2. The van der Waals surface area contributed by atoms with Crippen molar-refractivity contribution in [1.29, 1.82) is 0 Å². The molecule has 0 spiro atoms. The van der Waals surface area contributed by atoms with Crippen molar-refractivity contribution in [3.05, 3.63) is 72.2 Å². The number of methoxy groups -OCH3 is 1. The number of anilines is 2. The monoisotopic (exact) mass is 496 g/mol. The average Bonchev–Trinajstić information content (AvgIpc) is 3.50. The number of nitrogens with one attached hydrogen (secondary N) is 1. The number of nitrogens with zero attached hydrogens (tertiary/aromatic N) is 4. The van der Waals surface area contributed by atoms with Crippen LogP contribution in [0.2, 0.25) is 0 Å². The lowest BCUT2D eigenvalue weighted by molar-refractivity contribution is -0.137. The third-order valence-electron chi connectivity index (χ3n) is 6.25. The minimum atomic E-state index is -4.61. The number of benzene rings is 1. The van der Waals surface area contributed by atoms with Crippen LogP contribution in [0, 0.1) is 0 Å². The van der Waals surface area contributed by atoms with E-state index in [2.05, 4.69) is 15.3 Å². The number of pyridine rings is 2. The quantitative estimate of drug-likeness (QED) is 0.396. The van der Waals surface area contributed by atoms with Gasteiger partial charge in [0.1, 0.15) is 17.2 Å². The number of carbonyl (C=O) groups is 1. The maximum Gasteiger partial charge on any atom is 0.419 e. The molecule has 0 aliphatic carbocycles. The van der Waals surface area contributed by atoms with Crippen molar-refractivity contribution in [2.75, 3.05) is 24.7 Å². The van der Waals surface area contributed by atoms with E-state index in [0.717, 1.165) is 30.2 Å². The summed E-state index contributed by atoms with van der Waals surface area (Å²) in [7, 11) is 1.60. The average molecular weight is 496 g/mol. The maximum atomic E-state index is 13.2. The normalized spacial score (nSPS) is 15.9. The highest BCUT2D eigenvalue weighted by Crippen LogP contribution is 2.37. The number of likely N-dealkylation sites (tertiary alicyclic amines) is 1. The molecule has 1 atom stereocenters. The molecule has 8 nitrogen and oxygen atoms in total. The third-order valence-corrected chi connectivity index (χ3v) is 6.25. The van der Waals surface area contributed by atoms with Crippen LogP contribution >= 0.6 is 0 Å². The highest BCUT2D eigenvalue weighted by Gasteiger charge is 2.34. The fourth-order valence-electron chi connectivity index (χ4n) is 4.54. The minimum Gasteiger partial charge on any atom is -0.496 e. The van der Waals surface area contributed by atoms with Gasteiger partial charge in [0, 0.05) is 35.6 Å². The number of fused-ring (bicyclic) bond motifs is 1. The van der Waals surface area contributed by atoms with Crippen molar-refractivity contribution in [2.45, 2.75) is 25.1 Å². The van der Waals surface area contributed by atoms with Crippen LogP contribution in [-0.2, 0) is 6.18 Å². The van der Waals surface area contributed by atoms with Crippen LogP contribution in [0.1, 0.15) is 30.0 Å². The van der Waals surface area contributed by atoms with Gasteiger partial charge in [-0.3, -0.25) is 5.32 Å². The van der Waals surface area contributed by atoms with Gasteiger partial charge in [-0.2, -0.15) is 13.2 Å². The molecule has 3 N–H and O–H groups in total. The lowest BCUT2D eigenvalue weighted by atomic mass is 10.0. The van der Waals surface area contributed by atoms with Crippen molar-refractivity contribution in [3.63, 3.8) is 0 Å². The first-order chi connectivity index (χ1) is 17.2. The van der Waals surface area contributed by atoms with E-state index in [-0.39, 0.29) is 17.6 Å². The molecule has 11 heteroatoms. The van der Waals surface area contributed by atoms with E-state index in [0.29, 0.717) is 23.6 Å². The molecule has 1 aliphatic heterocycles. The highest BCUT2D eigenvalue weighted by molar-refractivity contribution is 5.89. The topological polar surface area (TPSA) is 97.8 Å². The summed E-state index contributed by atoms with van der Waals surface area (Å²) in [6, 6.07) is 11.5. The van der Waals surface area contributed by atoms with Crippen LogP contribution in [0.4, 0.5) is 29.6 Å². The number of hydrogen-bond acceptors (Lipinski definition) is 5. The van der Waals surface area contributed by atoms with Crippen LogP contribution in [0.5, 0.6) is 5.75 Å². The van der Waals surface area contributed by atoms with E-state index in [1.165, 1.54) is 6.20 Å². The Bertz CT molecular complexity index is 1440. The van der Waals surface area contributed by atoms with Gasteiger partial charge in [0.25, 0.3) is 0 Å². The first kappa shape index (κ1) is 23.5. The fourth-order valence-corrected chi connectivity index (χ4v) is 4.54. The molecule has 5 rings (SSSR count). The minimum absolute atomic E-state index is 0.120. The van der Waals surface area contributed by atoms with Crippen LogP contribution in [0.25, 0.3) is 16.8 Å². The van der Waals surface area contributed by atoms with Gasteiger partial charge in [-0.25, -0.2) is 14.8 Å². The summed E-state index contributed by atoms with van der Waals surface area (Å²) < 4.78 is 46.8. The number of ether oxygens (including phenoxy) is 1. The Morgan fingerprint density at radius 3 is 2.75 bits per heavy atom. The molecule has 0 radical (unpaired) electrons. The highest BCUT2D eigenvalue weighted by atomic mass is 19.4. The number of aromatic nitrogens is 3. The van der Waals surface area contributed by atoms with Gasteiger partial charge in [-0.05, 0) is 37.1 Å². The molecule has 1 aliphatic rings. The van der Waals surface area contributed by atoms with Crippen molar-refractivity contribution >= 4 is 23.3 Å². The zero-order valence-corrected chi connectivity index (χ0v) is 19.3. The number of halogens is 3. The molecule has 3 aromatic heterocycles. The van der Waals surface area contributed by atoms with Crippen LogP contribution < -0.4 is 15.8 Å². The summed E-state index contributed by atoms with van der Waals surface area (Å²) >= 11 is 0. The summed E-state index contributed by atoms with van der Waals surface area (Å²) in [5.74, 6) is 0.482. The summed E-state index contributed by atoms with van der Waals surface area (Å²) in [4.78, 5) is 23.0. The molecule has 4 aromatic rings. The molecule has 1 saturated heterocycles.